The minimum atomic E-state index is 0. The van der Waals surface area contributed by atoms with Gasteiger partial charge in [-0.1, -0.05) is 17.7 Å². The van der Waals surface area contributed by atoms with Gasteiger partial charge in [-0.25, -0.2) is 4.98 Å². The Kier molecular flexibility index (Phi) is 5.60. The molecule has 6 heteroatoms. The van der Waals surface area contributed by atoms with Crippen LogP contribution in [0.3, 0.4) is 0 Å². The van der Waals surface area contributed by atoms with Crippen LogP contribution in [-0.2, 0) is 17.4 Å². The van der Waals surface area contributed by atoms with Gasteiger partial charge in [0.25, 0.3) is 0 Å². The Morgan fingerprint density at radius 2 is 2.07 bits per heavy atom. The van der Waals surface area contributed by atoms with E-state index in [4.69, 9.17) is 29.0 Å². The maximum atomic E-state index is 6.08. The van der Waals surface area contributed by atoms with Gasteiger partial charge >= 0.3 is 29.6 Å². The van der Waals surface area contributed by atoms with E-state index in [-0.39, 0.29) is 29.6 Å². The van der Waals surface area contributed by atoms with Crippen LogP contribution in [0.25, 0.3) is 0 Å². The fraction of sp³-hybridized carbons (Fsp3) is 0.444. The van der Waals surface area contributed by atoms with E-state index in [2.05, 4.69) is 9.88 Å². The van der Waals surface area contributed by atoms with Crippen LogP contribution in [0, 0.1) is 0 Å². The molecule has 76 valence electrons. The molecule has 0 unspecified atom stereocenters. The second kappa shape index (κ2) is 6.23. The van der Waals surface area contributed by atoms with Crippen molar-refractivity contribution in [2.45, 2.75) is 4.90 Å². The Balaban J connectivity index is 0.00000112. The summed E-state index contributed by atoms with van der Waals surface area (Å²) in [6.45, 7) is 3.09. The van der Waals surface area contributed by atoms with Crippen molar-refractivity contribution >= 4 is 30.0 Å². The summed E-state index contributed by atoms with van der Waals surface area (Å²) in [5, 5.41) is 0.574. The normalized spacial score (nSPS) is 15.9. The second-order valence-corrected chi connectivity index (χ2v) is 3.86. The Bertz CT molecular complexity index is 334. The second-order valence-electron chi connectivity index (χ2n) is 3.05. The van der Waals surface area contributed by atoms with Crippen molar-refractivity contribution in [3.05, 3.63) is 17.3 Å². The standard InChI is InChI=1S/C9H11ClN2OS.Na/c10-8-7(14)1-2-11-9(8)12-3-5-13-6-4-12;/h1-2H,3-6H2,(H,11,14);/q;+1/p-1. The first-order chi connectivity index (χ1) is 6.79. The van der Waals surface area contributed by atoms with Crippen LogP contribution in [-0.4, -0.2) is 31.3 Å². The van der Waals surface area contributed by atoms with Crippen molar-refractivity contribution in [2.24, 2.45) is 0 Å². The summed E-state index contributed by atoms with van der Waals surface area (Å²) in [6, 6.07) is 1.74. The molecule has 1 aromatic rings. The first kappa shape index (κ1) is 13.5. The Morgan fingerprint density at radius 1 is 1.40 bits per heavy atom. The van der Waals surface area contributed by atoms with Crippen molar-refractivity contribution in [1.82, 2.24) is 4.98 Å². The molecule has 1 aliphatic rings. The molecule has 2 heterocycles. The van der Waals surface area contributed by atoms with Crippen molar-refractivity contribution in [2.75, 3.05) is 31.2 Å². The fourth-order valence-corrected chi connectivity index (χ4v) is 1.79. The number of aromatic nitrogens is 1. The zero-order valence-corrected chi connectivity index (χ0v) is 12.1. The molecule has 0 N–H and O–H groups in total. The zero-order chi connectivity index (χ0) is 9.97. The van der Waals surface area contributed by atoms with Crippen molar-refractivity contribution in [3.63, 3.8) is 0 Å². The summed E-state index contributed by atoms with van der Waals surface area (Å²) in [6.07, 6.45) is 1.69. The Labute approximate surface area is 122 Å². The molecule has 0 amide bonds. The molecule has 15 heavy (non-hydrogen) atoms. The van der Waals surface area contributed by atoms with Crippen molar-refractivity contribution < 1.29 is 34.3 Å². The fourth-order valence-electron chi connectivity index (χ4n) is 1.41. The molecule has 1 aromatic heterocycles. The van der Waals surface area contributed by atoms with Crippen LogP contribution in [0.15, 0.2) is 17.2 Å². The van der Waals surface area contributed by atoms with Gasteiger partial charge in [0.15, 0.2) is 0 Å². The van der Waals surface area contributed by atoms with E-state index in [1.54, 1.807) is 12.3 Å². The van der Waals surface area contributed by atoms with E-state index in [1.807, 2.05) is 0 Å². The maximum absolute atomic E-state index is 6.08. The van der Waals surface area contributed by atoms with E-state index in [1.165, 1.54) is 0 Å². The molecule has 1 aliphatic heterocycles. The van der Waals surface area contributed by atoms with E-state index < -0.39 is 0 Å². The summed E-state index contributed by atoms with van der Waals surface area (Å²) in [4.78, 5) is 6.99. The van der Waals surface area contributed by atoms with E-state index >= 15 is 0 Å². The Morgan fingerprint density at radius 3 is 2.73 bits per heavy atom. The largest absolute Gasteiger partial charge is 1.00 e. The van der Waals surface area contributed by atoms with Crippen LogP contribution in [0.2, 0.25) is 5.02 Å². The van der Waals surface area contributed by atoms with Crippen LogP contribution in [0.4, 0.5) is 5.82 Å². The van der Waals surface area contributed by atoms with Crippen LogP contribution < -0.4 is 34.5 Å². The molecule has 1 fully saturated rings. The van der Waals surface area contributed by atoms with E-state index in [9.17, 15) is 0 Å². The van der Waals surface area contributed by atoms with Gasteiger partial charge in [0.2, 0.25) is 0 Å². The molecule has 1 saturated heterocycles. The van der Waals surface area contributed by atoms with Gasteiger partial charge in [-0.05, 0) is 0 Å². The molecule has 0 saturated carbocycles. The average Bonchev–Trinajstić information content (AvgIpc) is 2.23. The third-order valence-corrected chi connectivity index (χ3v) is 2.97. The molecule has 0 aromatic carbocycles. The smallest absolute Gasteiger partial charge is 0.778 e. The molecule has 0 aliphatic carbocycles. The third-order valence-electron chi connectivity index (χ3n) is 2.15. The van der Waals surface area contributed by atoms with Crippen LogP contribution in [0.1, 0.15) is 0 Å². The van der Waals surface area contributed by atoms with Crippen LogP contribution in [0.5, 0.6) is 0 Å². The number of nitrogens with zero attached hydrogens (tertiary/aromatic N) is 2. The SMILES string of the molecule is [Na+].[S-]c1ccnc(N2CCOCC2)c1Cl. The predicted octanol–water partition coefficient (Wildman–Crippen LogP) is -1.52. The van der Waals surface area contributed by atoms with Gasteiger partial charge < -0.3 is 22.3 Å². The zero-order valence-electron chi connectivity index (χ0n) is 8.57. The number of hydrogen-bond donors (Lipinski definition) is 0. The molecule has 0 bridgehead atoms. The monoisotopic (exact) mass is 252 g/mol. The molecule has 0 atom stereocenters. The van der Waals surface area contributed by atoms with E-state index in [0.717, 1.165) is 32.1 Å². The van der Waals surface area contributed by atoms with Gasteiger partial charge in [-0.3, -0.25) is 0 Å². The Hall–Kier alpha value is 0.420. The van der Waals surface area contributed by atoms with Gasteiger partial charge in [-0.15, -0.1) is 0 Å². The molecular formula is C9H10ClN2NaOS. The summed E-state index contributed by atoms with van der Waals surface area (Å²) in [5.41, 5.74) is 0. The maximum Gasteiger partial charge on any atom is 1.00 e. The quantitative estimate of drug-likeness (QED) is 0.448. The first-order valence-corrected chi connectivity index (χ1v) is 5.22. The summed E-state index contributed by atoms with van der Waals surface area (Å²) in [5.74, 6) is 0.780. The van der Waals surface area contributed by atoms with E-state index in [0.29, 0.717) is 9.92 Å². The number of hydrogen-bond acceptors (Lipinski definition) is 4. The summed E-state index contributed by atoms with van der Waals surface area (Å²) in [7, 11) is 0. The number of anilines is 1. The number of rotatable bonds is 1. The molecule has 3 nitrogen and oxygen atoms in total. The summed E-state index contributed by atoms with van der Waals surface area (Å²) < 4.78 is 5.25. The van der Waals surface area contributed by atoms with Gasteiger partial charge in [0, 0.05) is 19.3 Å². The molecular weight excluding hydrogens is 243 g/mol. The molecule has 0 radical (unpaired) electrons. The number of halogens is 1. The number of pyridine rings is 1. The first-order valence-electron chi connectivity index (χ1n) is 4.43. The topological polar surface area (TPSA) is 25.4 Å². The van der Waals surface area contributed by atoms with Crippen LogP contribution >= 0.6 is 11.6 Å². The van der Waals surface area contributed by atoms with Gasteiger partial charge in [-0.2, -0.15) is 4.90 Å². The average molecular weight is 253 g/mol. The summed E-state index contributed by atoms with van der Waals surface area (Å²) >= 11 is 11.2. The number of morpholine rings is 1. The number of ether oxygens (including phenoxy) is 1. The minimum absolute atomic E-state index is 0. The van der Waals surface area contributed by atoms with Crippen molar-refractivity contribution in [3.8, 4) is 0 Å². The predicted molar refractivity (Wildman–Crippen MR) is 57.9 cm³/mol. The van der Waals surface area contributed by atoms with Crippen molar-refractivity contribution in [1.29, 1.82) is 0 Å². The molecule has 2 rings (SSSR count). The minimum Gasteiger partial charge on any atom is -0.778 e. The van der Waals surface area contributed by atoms with Gasteiger partial charge in [0.1, 0.15) is 5.82 Å². The van der Waals surface area contributed by atoms with Gasteiger partial charge in [0.05, 0.1) is 18.2 Å². The third kappa shape index (κ3) is 3.19. The molecule has 0 spiro atoms.